The minimum atomic E-state index is 0.430. The summed E-state index contributed by atoms with van der Waals surface area (Å²) in [6.45, 7) is 0.779. The number of fused-ring (bicyclic) bond motifs is 1. The normalized spacial score (nSPS) is 10.7. The number of nitrogens with two attached hydrogens (primary N) is 1. The molecule has 21 heavy (non-hydrogen) atoms. The number of aromatic nitrogens is 1. The lowest BCUT2D eigenvalue weighted by Crippen LogP contribution is -2.09. The molecular weight excluding hydrogens is 280 g/mol. The molecule has 2 aromatic carbocycles. The van der Waals surface area contributed by atoms with E-state index < -0.39 is 0 Å². The monoisotopic (exact) mass is 296 g/mol. The zero-order valence-corrected chi connectivity index (χ0v) is 12.6. The third kappa shape index (κ3) is 2.62. The van der Waals surface area contributed by atoms with Crippen molar-refractivity contribution in [1.29, 1.82) is 0 Å². The van der Waals surface area contributed by atoms with Crippen molar-refractivity contribution in [3.05, 3.63) is 65.9 Å². The second-order valence-corrected chi connectivity index (χ2v) is 5.34. The predicted molar refractivity (Wildman–Crippen MR) is 89.9 cm³/mol. The molecule has 0 saturated carbocycles. The second-order valence-electron chi connectivity index (χ2n) is 4.90. The van der Waals surface area contributed by atoms with Crippen molar-refractivity contribution in [2.45, 2.75) is 6.54 Å². The van der Waals surface area contributed by atoms with Crippen LogP contribution in [-0.4, -0.2) is 16.7 Å². The number of rotatable bonds is 4. The maximum Gasteiger partial charge on any atom is 0.119 e. The Morgan fingerprint density at radius 1 is 1.19 bits per heavy atom. The van der Waals surface area contributed by atoms with E-state index in [0.29, 0.717) is 4.99 Å². The predicted octanol–water partition coefficient (Wildman–Crippen LogP) is 3.33. The number of methoxy groups -OCH3 is 1. The molecule has 0 aliphatic carbocycles. The van der Waals surface area contributed by atoms with Crippen LogP contribution in [0, 0.1) is 0 Å². The smallest absolute Gasteiger partial charge is 0.119 e. The van der Waals surface area contributed by atoms with E-state index in [9.17, 15) is 0 Å². The highest BCUT2D eigenvalue weighted by atomic mass is 32.1. The summed E-state index contributed by atoms with van der Waals surface area (Å²) in [4.78, 5) is 0.430. The summed E-state index contributed by atoms with van der Waals surface area (Å²) in [5.74, 6) is 0.868. The van der Waals surface area contributed by atoms with Crippen LogP contribution in [0.4, 0.5) is 0 Å². The maximum absolute atomic E-state index is 5.79. The average Bonchev–Trinajstić information content (AvgIpc) is 2.90. The van der Waals surface area contributed by atoms with Gasteiger partial charge in [-0.15, -0.1) is 0 Å². The first-order valence-electron chi connectivity index (χ1n) is 6.69. The topological polar surface area (TPSA) is 40.2 Å². The molecular formula is C17H16N2OS. The quantitative estimate of drug-likeness (QED) is 0.751. The summed E-state index contributed by atoms with van der Waals surface area (Å²) in [6.07, 6.45) is 2.06. The summed E-state index contributed by atoms with van der Waals surface area (Å²) in [7, 11) is 1.68. The van der Waals surface area contributed by atoms with Gasteiger partial charge in [-0.3, -0.25) is 0 Å². The average molecular weight is 296 g/mol. The van der Waals surface area contributed by atoms with Gasteiger partial charge in [0.1, 0.15) is 10.7 Å². The van der Waals surface area contributed by atoms with Crippen LogP contribution in [0.5, 0.6) is 5.75 Å². The Balaban J connectivity index is 2.01. The number of hydrogen-bond donors (Lipinski definition) is 1. The second kappa shape index (κ2) is 5.58. The number of benzene rings is 2. The molecule has 0 amide bonds. The molecule has 0 fully saturated rings. The SMILES string of the molecule is COc1cccc(Cn2ccc3c(C(N)=S)cccc32)c1. The molecule has 4 heteroatoms. The fourth-order valence-electron chi connectivity index (χ4n) is 2.54. The van der Waals surface area contributed by atoms with Crippen LogP contribution in [0.2, 0.25) is 0 Å². The molecule has 106 valence electrons. The Kier molecular flexibility index (Phi) is 3.62. The van der Waals surface area contributed by atoms with Crippen LogP contribution in [0.25, 0.3) is 10.9 Å². The largest absolute Gasteiger partial charge is 0.497 e. The number of ether oxygens (including phenoxy) is 1. The molecule has 0 aliphatic rings. The zero-order valence-electron chi connectivity index (χ0n) is 11.7. The van der Waals surface area contributed by atoms with Gasteiger partial charge in [0.05, 0.1) is 7.11 Å². The van der Waals surface area contributed by atoms with Crippen molar-refractivity contribution in [3.63, 3.8) is 0 Å². The van der Waals surface area contributed by atoms with Crippen LogP contribution in [0.15, 0.2) is 54.7 Å². The highest BCUT2D eigenvalue weighted by molar-refractivity contribution is 7.80. The lowest BCUT2D eigenvalue weighted by atomic mass is 10.1. The Hall–Kier alpha value is -2.33. The number of thiocarbonyl (C=S) groups is 1. The van der Waals surface area contributed by atoms with E-state index in [0.717, 1.165) is 28.8 Å². The Morgan fingerprint density at radius 3 is 2.76 bits per heavy atom. The van der Waals surface area contributed by atoms with Crippen molar-refractivity contribution >= 4 is 28.1 Å². The Bertz CT molecular complexity index is 807. The van der Waals surface area contributed by atoms with Gasteiger partial charge in [-0.2, -0.15) is 0 Å². The fourth-order valence-corrected chi connectivity index (χ4v) is 2.72. The standard InChI is InChI=1S/C17H16N2OS/c1-20-13-5-2-4-12(10-13)11-19-9-8-14-15(17(18)21)6-3-7-16(14)19/h2-10H,11H2,1H3,(H2,18,21). The Morgan fingerprint density at radius 2 is 2.00 bits per heavy atom. The lowest BCUT2D eigenvalue weighted by molar-refractivity contribution is 0.414. The maximum atomic E-state index is 5.79. The van der Waals surface area contributed by atoms with Crippen molar-refractivity contribution in [3.8, 4) is 5.75 Å². The van der Waals surface area contributed by atoms with Crippen molar-refractivity contribution in [2.75, 3.05) is 7.11 Å². The third-order valence-electron chi connectivity index (χ3n) is 3.57. The van der Waals surface area contributed by atoms with Crippen molar-refractivity contribution in [1.82, 2.24) is 4.57 Å². The molecule has 0 unspecified atom stereocenters. The van der Waals surface area contributed by atoms with E-state index in [1.54, 1.807) is 7.11 Å². The first-order valence-corrected chi connectivity index (χ1v) is 7.10. The van der Waals surface area contributed by atoms with Crippen LogP contribution in [-0.2, 0) is 6.54 Å². The number of nitrogens with zero attached hydrogens (tertiary/aromatic N) is 1. The van der Waals surface area contributed by atoms with Crippen LogP contribution in [0.1, 0.15) is 11.1 Å². The van der Waals surface area contributed by atoms with Gasteiger partial charge < -0.3 is 15.0 Å². The molecule has 0 saturated heterocycles. The molecule has 3 nitrogen and oxygen atoms in total. The lowest BCUT2D eigenvalue weighted by Gasteiger charge is -2.08. The van der Waals surface area contributed by atoms with Gasteiger partial charge in [0, 0.05) is 29.2 Å². The first kappa shape index (κ1) is 13.6. The van der Waals surface area contributed by atoms with Crippen LogP contribution < -0.4 is 10.5 Å². The van der Waals surface area contributed by atoms with E-state index in [4.69, 9.17) is 22.7 Å². The highest BCUT2D eigenvalue weighted by Crippen LogP contribution is 2.22. The van der Waals surface area contributed by atoms with Gasteiger partial charge in [0.2, 0.25) is 0 Å². The van der Waals surface area contributed by atoms with Gasteiger partial charge in [-0.05, 0) is 29.8 Å². The van der Waals surface area contributed by atoms with Gasteiger partial charge in [0.25, 0.3) is 0 Å². The van der Waals surface area contributed by atoms with Crippen LogP contribution in [0.3, 0.4) is 0 Å². The molecule has 0 spiro atoms. The summed E-state index contributed by atoms with van der Waals surface area (Å²) < 4.78 is 7.46. The fraction of sp³-hybridized carbons (Fsp3) is 0.118. The molecule has 0 aliphatic heterocycles. The number of hydrogen-bond acceptors (Lipinski definition) is 2. The molecule has 3 rings (SSSR count). The minimum Gasteiger partial charge on any atom is -0.497 e. The first-order chi connectivity index (χ1) is 10.2. The highest BCUT2D eigenvalue weighted by Gasteiger charge is 2.07. The van der Waals surface area contributed by atoms with Gasteiger partial charge in [-0.1, -0.05) is 36.5 Å². The van der Waals surface area contributed by atoms with Gasteiger partial charge >= 0.3 is 0 Å². The molecule has 1 heterocycles. The molecule has 3 aromatic rings. The Labute approximate surface area is 128 Å². The minimum absolute atomic E-state index is 0.430. The summed E-state index contributed by atoms with van der Waals surface area (Å²) in [5.41, 5.74) is 9.02. The van der Waals surface area contributed by atoms with Crippen LogP contribution >= 0.6 is 12.2 Å². The molecule has 0 bridgehead atoms. The van der Waals surface area contributed by atoms with Gasteiger partial charge in [-0.25, -0.2) is 0 Å². The van der Waals surface area contributed by atoms with E-state index in [1.807, 2.05) is 30.3 Å². The summed E-state index contributed by atoms with van der Waals surface area (Å²) in [5, 5.41) is 1.09. The summed E-state index contributed by atoms with van der Waals surface area (Å²) >= 11 is 5.11. The van der Waals surface area contributed by atoms with Gasteiger partial charge in [0.15, 0.2) is 0 Å². The van der Waals surface area contributed by atoms with Crippen molar-refractivity contribution < 1.29 is 4.74 Å². The molecule has 0 radical (unpaired) electrons. The summed E-state index contributed by atoms with van der Waals surface area (Å²) in [6, 6.07) is 16.2. The van der Waals surface area contributed by atoms with E-state index in [2.05, 4.69) is 29.0 Å². The van der Waals surface area contributed by atoms with E-state index in [-0.39, 0.29) is 0 Å². The van der Waals surface area contributed by atoms with Crippen molar-refractivity contribution in [2.24, 2.45) is 5.73 Å². The van der Waals surface area contributed by atoms with E-state index in [1.165, 1.54) is 5.56 Å². The van der Waals surface area contributed by atoms with E-state index >= 15 is 0 Å². The molecule has 1 aromatic heterocycles. The molecule has 0 atom stereocenters. The third-order valence-corrected chi connectivity index (χ3v) is 3.79. The zero-order chi connectivity index (χ0) is 14.8. The molecule has 2 N–H and O–H groups in total.